The van der Waals surface area contributed by atoms with Gasteiger partial charge in [0.1, 0.15) is 11.2 Å². The average molecular weight is 1560 g/mol. The van der Waals surface area contributed by atoms with Crippen molar-refractivity contribution in [3.63, 3.8) is 0 Å². The minimum absolute atomic E-state index is 0. The fraction of sp³-hybridized carbons (Fsp3) is 0.0357. The SMILES string of the molecule is F.OC1(c2ccccc2N(c2ccccc2)c2ccccc2C2(O)c3ccccc3N(c3ccccc3)c3ccccc32)c2ccccc2N(c2ccccc2)c2ccccc21.c1ccc(N2c3ccccc3C3(c4ccccc42)c2ccccc2N2c4ccccc4C4(c5ccccc5N(c5ccccc5)c5ccccc54)c4cccc3c42)cc1. The maximum absolute atomic E-state index is 13.9. The third-order valence-electron chi connectivity index (χ3n) is 25.6. The highest BCUT2D eigenvalue weighted by Crippen LogP contribution is 2.71. The molecule has 0 saturated carbocycles. The van der Waals surface area contributed by atoms with Crippen LogP contribution >= 0.6 is 0 Å². The molecule has 0 unspecified atom stereocenters. The van der Waals surface area contributed by atoms with Gasteiger partial charge in [-0.15, -0.1) is 0 Å². The Bertz CT molecular complexity index is 6420. The first-order valence-corrected chi connectivity index (χ1v) is 41.2. The van der Waals surface area contributed by atoms with Gasteiger partial charge in [-0.3, -0.25) is 4.70 Å². The van der Waals surface area contributed by atoms with Crippen LogP contribution < -0.4 is 29.4 Å². The molecule has 0 atom stereocenters. The first-order chi connectivity index (χ1) is 59.4. The highest BCUT2D eigenvalue weighted by Gasteiger charge is 2.59. The van der Waals surface area contributed by atoms with Crippen LogP contribution in [-0.4, -0.2) is 10.2 Å². The van der Waals surface area contributed by atoms with E-state index in [0.717, 1.165) is 84.8 Å². The number of benzene rings is 18. The Morgan fingerprint density at radius 3 is 0.603 bits per heavy atom. The second kappa shape index (κ2) is 28.5. The number of rotatable bonds is 9. The summed E-state index contributed by atoms with van der Waals surface area (Å²) in [6, 6.07) is 163. The molecule has 8 nitrogen and oxygen atoms in total. The highest BCUT2D eigenvalue weighted by molar-refractivity contribution is 6.04. The Morgan fingerprint density at radius 2 is 0.347 bits per heavy atom. The van der Waals surface area contributed by atoms with Gasteiger partial charge in [-0.1, -0.05) is 328 Å². The van der Waals surface area contributed by atoms with Crippen LogP contribution in [0.25, 0.3) is 0 Å². The molecular formula is C112H79FN6O2. The number of anilines is 18. The van der Waals surface area contributed by atoms with Crippen LogP contribution in [-0.2, 0) is 22.0 Å². The van der Waals surface area contributed by atoms with E-state index in [2.05, 4.69) is 327 Å². The molecule has 121 heavy (non-hydrogen) atoms. The predicted molar refractivity (Wildman–Crippen MR) is 491 cm³/mol. The van der Waals surface area contributed by atoms with Gasteiger partial charge < -0.3 is 39.6 Å². The largest absolute Gasteiger partial charge is 0.376 e. The Morgan fingerprint density at radius 1 is 0.165 bits per heavy atom. The van der Waals surface area contributed by atoms with Gasteiger partial charge in [-0.05, 0) is 178 Å². The number of halogens is 1. The van der Waals surface area contributed by atoms with E-state index < -0.39 is 22.0 Å². The molecule has 0 amide bonds. The summed E-state index contributed by atoms with van der Waals surface area (Å²) < 4.78 is 0. The summed E-state index contributed by atoms with van der Waals surface area (Å²) in [5, 5.41) is 27.8. The molecule has 6 aliphatic heterocycles. The van der Waals surface area contributed by atoms with Crippen LogP contribution in [0.15, 0.2) is 461 Å². The summed E-state index contributed by atoms with van der Waals surface area (Å²) in [4.78, 5) is 14.2. The zero-order valence-electron chi connectivity index (χ0n) is 65.9. The minimum atomic E-state index is -1.59. The minimum Gasteiger partial charge on any atom is -0.376 e. The third-order valence-corrected chi connectivity index (χ3v) is 25.6. The number of hydrogen-bond donors (Lipinski definition) is 2. The first kappa shape index (κ1) is 72.1. The lowest BCUT2D eigenvalue weighted by Crippen LogP contribution is -2.47. The molecule has 2 spiro atoms. The van der Waals surface area contributed by atoms with Gasteiger partial charge in [0.05, 0.1) is 84.8 Å². The van der Waals surface area contributed by atoms with E-state index in [0.29, 0.717) is 11.1 Å². The second-order valence-electron chi connectivity index (χ2n) is 31.5. The van der Waals surface area contributed by atoms with E-state index >= 15 is 0 Å². The number of fused-ring (bicyclic) bond motifs is 20. The molecule has 576 valence electrons. The molecule has 9 heteroatoms. The van der Waals surface area contributed by atoms with Crippen molar-refractivity contribution in [2.45, 2.75) is 22.0 Å². The monoisotopic (exact) mass is 1560 g/mol. The highest BCUT2D eigenvalue weighted by atomic mass is 19.0. The topological polar surface area (TPSA) is 59.9 Å². The Balaban J connectivity index is 0.000000144. The summed E-state index contributed by atoms with van der Waals surface area (Å²) in [6.07, 6.45) is 0. The van der Waals surface area contributed by atoms with Crippen LogP contribution in [0.3, 0.4) is 0 Å². The maximum atomic E-state index is 13.9. The molecule has 0 radical (unpaired) electrons. The van der Waals surface area contributed by atoms with Crippen LogP contribution in [0.4, 0.5) is 107 Å². The molecule has 6 heterocycles. The molecule has 6 aliphatic rings. The first-order valence-electron chi connectivity index (χ1n) is 41.2. The summed E-state index contributed by atoms with van der Waals surface area (Å²) in [7, 11) is 0. The van der Waals surface area contributed by atoms with Gasteiger partial charge in [-0.2, -0.15) is 0 Å². The molecule has 0 fully saturated rings. The van der Waals surface area contributed by atoms with E-state index in [-0.39, 0.29) is 4.70 Å². The van der Waals surface area contributed by atoms with Gasteiger partial charge in [0.15, 0.2) is 0 Å². The van der Waals surface area contributed by atoms with Gasteiger partial charge in [0.2, 0.25) is 0 Å². The van der Waals surface area contributed by atoms with E-state index in [4.69, 9.17) is 0 Å². The lowest BCUT2D eigenvalue weighted by molar-refractivity contribution is 0.125. The van der Waals surface area contributed by atoms with Crippen molar-refractivity contribution < 1.29 is 14.9 Å². The van der Waals surface area contributed by atoms with Crippen molar-refractivity contribution in [3.8, 4) is 0 Å². The lowest BCUT2D eigenvalue weighted by atomic mass is 9.55. The van der Waals surface area contributed by atoms with Gasteiger partial charge in [0.25, 0.3) is 0 Å². The van der Waals surface area contributed by atoms with Gasteiger partial charge in [0, 0.05) is 61.8 Å². The predicted octanol–water partition coefficient (Wildman–Crippen LogP) is 27.6. The van der Waals surface area contributed by atoms with Crippen molar-refractivity contribution in [2.75, 3.05) is 29.4 Å². The standard InChI is InChI=1S/C56H41N3O2.C56H37N3.FH/c60-55(43-28-10-16-34-49(43)57(40-22-4-1-5-23-40)50-35-17-11-29-44(50)55)47-32-14-20-38-53(47)59(42-26-8-3-9-27-42)54-39-21-15-33-48(54)56(61)45-30-12-18-36-51(45)58(41-24-6-2-7-25-41)52-37-19-13-31-46(52)56;1-3-20-38(21-4-1)57-48-32-13-7-24-40(48)55(41-25-8-14-33-49(41)57)44-28-11-17-36-52(44)59-53-37-18-12-29-45(53)56(47-31-19-30-46(55)54(47)59)42-26-9-15-34-50(42)58(39-22-5-2-6-23-39)51-35-16-10-27-43(51)56;/h1-39,60-61H;1-37H;1H. The number of aliphatic hydroxyl groups is 2. The third kappa shape index (κ3) is 10.3. The van der Waals surface area contributed by atoms with Crippen molar-refractivity contribution in [3.05, 3.63) is 539 Å². The molecular weight excluding hydrogens is 1480 g/mol. The normalized spacial score (nSPS) is 14.6. The van der Waals surface area contributed by atoms with Gasteiger partial charge in [-0.25, -0.2) is 0 Å². The zero-order valence-corrected chi connectivity index (χ0v) is 65.9. The summed E-state index contributed by atoms with van der Waals surface area (Å²) >= 11 is 0. The molecule has 18 aromatic carbocycles. The molecule has 18 aromatic rings. The van der Waals surface area contributed by atoms with E-state index in [1.807, 2.05) is 164 Å². The van der Waals surface area contributed by atoms with E-state index in [1.54, 1.807) is 0 Å². The molecule has 0 aliphatic carbocycles. The molecule has 24 rings (SSSR count). The smallest absolute Gasteiger partial charge is 0.146 e. The zero-order chi connectivity index (χ0) is 79.7. The van der Waals surface area contributed by atoms with Crippen LogP contribution in [0.2, 0.25) is 0 Å². The Hall–Kier alpha value is -15.4. The average Bonchev–Trinajstić information content (AvgIpc) is 0.652. The maximum Gasteiger partial charge on any atom is 0.146 e. The number of hydrogen-bond acceptors (Lipinski definition) is 8. The van der Waals surface area contributed by atoms with Crippen molar-refractivity contribution in [1.29, 1.82) is 0 Å². The fourth-order valence-electron chi connectivity index (χ4n) is 21.1. The molecule has 0 aromatic heterocycles. The summed E-state index contributed by atoms with van der Waals surface area (Å²) in [6.45, 7) is 0. The van der Waals surface area contributed by atoms with Crippen LogP contribution in [0.1, 0.15) is 77.9 Å². The second-order valence-corrected chi connectivity index (χ2v) is 31.5. The van der Waals surface area contributed by atoms with Crippen LogP contribution in [0.5, 0.6) is 0 Å². The van der Waals surface area contributed by atoms with E-state index in [9.17, 15) is 10.2 Å². The number of nitrogens with zero attached hydrogens (tertiary/aromatic N) is 6. The Kier molecular flexibility index (Phi) is 17.0. The molecule has 0 bridgehead atoms. The molecule has 0 saturated heterocycles. The summed E-state index contributed by atoms with van der Waals surface area (Å²) in [5.41, 5.74) is 29.0. The van der Waals surface area contributed by atoms with Crippen molar-refractivity contribution in [2.24, 2.45) is 0 Å². The van der Waals surface area contributed by atoms with Gasteiger partial charge >= 0.3 is 0 Å². The summed E-state index contributed by atoms with van der Waals surface area (Å²) in [5.74, 6) is 0. The fourth-order valence-corrected chi connectivity index (χ4v) is 21.1. The Labute approximate surface area is 703 Å². The van der Waals surface area contributed by atoms with Crippen molar-refractivity contribution in [1.82, 2.24) is 0 Å². The quantitative estimate of drug-likeness (QED) is 0.148. The van der Waals surface area contributed by atoms with Crippen molar-refractivity contribution >= 4 is 102 Å². The molecule has 2 N–H and O–H groups in total. The number of para-hydroxylation sites is 18. The van der Waals surface area contributed by atoms with Crippen LogP contribution in [0, 0.1) is 0 Å². The van der Waals surface area contributed by atoms with E-state index in [1.165, 1.54) is 84.3 Å². The lowest BCUT2D eigenvalue weighted by Gasteiger charge is -2.56.